The largest absolute Gasteiger partial charge is 0.352 e. The maximum absolute atomic E-state index is 11.6. The van der Waals surface area contributed by atoms with E-state index in [2.05, 4.69) is 36.0 Å². The van der Waals surface area contributed by atoms with Crippen LogP contribution in [0.25, 0.3) is 10.9 Å². The van der Waals surface area contributed by atoms with Crippen molar-refractivity contribution in [3.05, 3.63) is 35.5 Å². The number of aromatic nitrogens is 1. The molecule has 0 unspecified atom stereocenters. The first-order valence-corrected chi connectivity index (χ1v) is 6.44. The van der Waals surface area contributed by atoms with Gasteiger partial charge in [-0.05, 0) is 25.0 Å². The predicted molar refractivity (Wildman–Crippen MR) is 74.4 cm³/mol. The summed E-state index contributed by atoms with van der Waals surface area (Å²) in [7, 11) is 2.06. The van der Waals surface area contributed by atoms with Gasteiger partial charge in [0, 0.05) is 36.6 Å². The minimum Gasteiger partial charge on any atom is -0.352 e. The molecule has 0 fully saturated rings. The number of carbonyl (C=O) groups is 1. The van der Waals surface area contributed by atoms with E-state index < -0.39 is 0 Å². The molecule has 3 nitrogen and oxygen atoms in total. The SMILES string of the molecule is CCCC(=O)NCc1c(C)n(C)c2ccccc12. The minimum atomic E-state index is 0.129. The zero-order chi connectivity index (χ0) is 13.1. The molecule has 1 heterocycles. The number of hydrogen-bond donors (Lipinski definition) is 1. The first kappa shape index (κ1) is 12.7. The highest BCUT2D eigenvalue weighted by molar-refractivity contribution is 5.86. The number of amides is 1. The van der Waals surface area contributed by atoms with Crippen LogP contribution in [0.1, 0.15) is 31.0 Å². The average molecular weight is 244 g/mol. The maximum atomic E-state index is 11.6. The molecule has 18 heavy (non-hydrogen) atoms. The van der Waals surface area contributed by atoms with Crippen molar-refractivity contribution < 1.29 is 4.79 Å². The fraction of sp³-hybridized carbons (Fsp3) is 0.400. The van der Waals surface area contributed by atoms with Gasteiger partial charge in [0.25, 0.3) is 0 Å². The number of nitrogens with one attached hydrogen (secondary N) is 1. The lowest BCUT2D eigenvalue weighted by molar-refractivity contribution is -0.121. The molecule has 0 aliphatic rings. The number of rotatable bonds is 4. The van der Waals surface area contributed by atoms with Crippen molar-refractivity contribution in [2.45, 2.75) is 33.2 Å². The van der Waals surface area contributed by atoms with Crippen molar-refractivity contribution >= 4 is 16.8 Å². The highest BCUT2D eigenvalue weighted by Gasteiger charge is 2.11. The first-order chi connectivity index (χ1) is 8.65. The first-order valence-electron chi connectivity index (χ1n) is 6.44. The standard InChI is InChI=1S/C15H20N2O/c1-4-7-15(18)16-10-13-11(2)17(3)14-9-6-5-8-12(13)14/h5-6,8-9H,4,7,10H2,1-3H3,(H,16,18). The Kier molecular flexibility index (Phi) is 3.70. The van der Waals surface area contributed by atoms with Crippen molar-refractivity contribution in [1.29, 1.82) is 0 Å². The number of nitrogens with zero attached hydrogens (tertiary/aromatic N) is 1. The van der Waals surface area contributed by atoms with Crippen LogP contribution in [0.2, 0.25) is 0 Å². The van der Waals surface area contributed by atoms with E-state index in [0.717, 1.165) is 6.42 Å². The summed E-state index contributed by atoms with van der Waals surface area (Å²) >= 11 is 0. The highest BCUT2D eigenvalue weighted by Crippen LogP contribution is 2.24. The molecule has 1 amide bonds. The topological polar surface area (TPSA) is 34.0 Å². The van der Waals surface area contributed by atoms with Crippen LogP contribution in [-0.2, 0) is 18.4 Å². The van der Waals surface area contributed by atoms with Crippen molar-refractivity contribution in [3.63, 3.8) is 0 Å². The van der Waals surface area contributed by atoms with E-state index in [9.17, 15) is 4.79 Å². The van der Waals surface area contributed by atoms with E-state index >= 15 is 0 Å². The maximum Gasteiger partial charge on any atom is 0.220 e. The van der Waals surface area contributed by atoms with Crippen molar-refractivity contribution in [1.82, 2.24) is 9.88 Å². The van der Waals surface area contributed by atoms with Gasteiger partial charge in [0.05, 0.1) is 0 Å². The molecular weight excluding hydrogens is 224 g/mol. The zero-order valence-electron chi connectivity index (χ0n) is 11.3. The van der Waals surface area contributed by atoms with E-state index in [4.69, 9.17) is 0 Å². The lowest BCUT2D eigenvalue weighted by atomic mass is 10.1. The Balaban J connectivity index is 2.28. The third-order valence-corrected chi connectivity index (χ3v) is 3.47. The van der Waals surface area contributed by atoms with Gasteiger partial charge in [0.1, 0.15) is 0 Å². The molecule has 0 spiro atoms. The molecule has 0 atom stereocenters. The van der Waals surface area contributed by atoms with Gasteiger partial charge in [-0.1, -0.05) is 25.1 Å². The molecule has 3 heteroatoms. The van der Waals surface area contributed by atoms with Crippen LogP contribution in [0.15, 0.2) is 24.3 Å². The average Bonchev–Trinajstić information content (AvgIpc) is 2.61. The summed E-state index contributed by atoms with van der Waals surface area (Å²) in [5.74, 6) is 0.129. The van der Waals surface area contributed by atoms with E-state index in [1.54, 1.807) is 0 Å². The Morgan fingerprint density at radius 3 is 2.78 bits per heavy atom. The summed E-state index contributed by atoms with van der Waals surface area (Å²) in [4.78, 5) is 11.6. The smallest absolute Gasteiger partial charge is 0.220 e. The third-order valence-electron chi connectivity index (χ3n) is 3.47. The van der Waals surface area contributed by atoms with Gasteiger partial charge < -0.3 is 9.88 Å². The summed E-state index contributed by atoms with van der Waals surface area (Å²) < 4.78 is 2.18. The number of benzene rings is 1. The summed E-state index contributed by atoms with van der Waals surface area (Å²) in [5.41, 5.74) is 3.65. The normalized spacial score (nSPS) is 10.8. The summed E-state index contributed by atoms with van der Waals surface area (Å²) in [5, 5.41) is 4.22. The van der Waals surface area contributed by atoms with Crippen molar-refractivity contribution in [2.24, 2.45) is 7.05 Å². The van der Waals surface area contributed by atoms with Crippen LogP contribution in [0.4, 0.5) is 0 Å². The van der Waals surface area contributed by atoms with Crippen LogP contribution in [-0.4, -0.2) is 10.5 Å². The van der Waals surface area contributed by atoms with Gasteiger partial charge in [-0.3, -0.25) is 4.79 Å². The van der Waals surface area contributed by atoms with E-state index in [1.807, 2.05) is 19.1 Å². The molecule has 1 aromatic heterocycles. The second-order valence-electron chi connectivity index (χ2n) is 4.67. The molecule has 2 rings (SSSR count). The predicted octanol–water partition coefficient (Wildman–Crippen LogP) is 2.90. The summed E-state index contributed by atoms with van der Waals surface area (Å²) in [6.07, 6.45) is 1.49. The highest BCUT2D eigenvalue weighted by atomic mass is 16.1. The molecule has 0 saturated heterocycles. The Morgan fingerprint density at radius 2 is 2.06 bits per heavy atom. The van der Waals surface area contributed by atoms with E-state index in [0.29, 0.717) is 13.0 Å². The molecule has 0 saturated carbocycles. The Labute approximate surface area is 108 Å². The van der Waals surface area contributed by atoms with Gasteiger partial charge in [-0.15, -0.1) is 0 Å². The zero-order valence-corrected chi connectivity index (χ0v) is 11.3. The fourth-order valence-electron chi connectivity index (χ4n) is 2.32. The molecule has 0 aliphatic heterocycles. The summed E-state index contributed by atoms with van der Waals surface area (Å²) in [6, 6.07) is 8.31. The minimum absolute atomic E-state index is 0.129. The van der Waals surface area contributed by atoms with Crippen LogP contribution in [0.5, 0.6) is 0 Å². The monoisotopic (exact) mass is 244 g/mol. The molecule has 1 aromatic carbocycles. The molecular formula is C15H20N2O. The second-order valence-corrected chi connectivity index (χ2v) is 4.67. The van der Waals surface area contributed by atoms with Crippen LogP contribution in [0, 0.1) is 6.92 Å². The van der Waals surface area contributed by atoms with Gasteiger partial charge in [-0.2, -0.15) is 0 Å². The number of aryl methyl sites for hydroxylation is 1. The van der Waals surface area contributed by atoms with Gasteiger partial charge >= 0.3 is 0 Å². The second kappa shape index (κ2) is 5.25. The number of para-hydroxylation sites is 1. The number of fused-ring (bicyclic) bond motifs is 1. The molecule has 0 aliphatic carbocycles. The van der Waals surface area contributed by atoms with Crippen LogP contribution < -0.4 is 5.32 Å². The van der Waals surface area contributed by atoms with E-state index in [1.165, 1.54) is 22.2 Å². The van der Waals surface area contributed by atoms with Crippen molar-refractivity contribution in [2.75, 3.05) is 0 Å². The molecule has 0 bridgehead atoms. The molecule has 2 aromatic rings. The lowest BCUT2D eigenvalue weighted by Crippen LogP contribution is -2.22. The molecule has 96 valence electrons. The van der Waals surface area contributed by atoms with Gasteiger partial charge in [0.2, 0.25) is 5.91 Å². The van der Waals surface area contributed by atoms with E-state index in [-0.39, 0.29) is 5.91 Å². The van der Waals surface area contributed by atoms with Crippen LogP contribution in [0.3, 0.4) is 0 Å². The van der Waals surface area contributed by atoms with Crippen LogP contribution >= 0.6 is 0 Å². The lowest BCUT2D eigenvalue weighted by Gasteiger charge is -2.05. The number of hydrogen-bond acceptors (Lipinski definition) is 1. The molecule has 0 radical (unpaired) electrons. The van der Waals surface area contributed by atoms with Gasteiger partial charge in [0.15, 0.2) is 0 Å². The third kappa shape index (κ3) is 2.26. The quantitative estimate of drug-likeness (QED) is 0.881. The molecule has 1 N–H and O–H groups in total. The Morgan fingerprint density at radius 1 is 1.33 bits per heavy atom. The Hall–Kier alpha value is -1.77. The van der Waals surface area contributed by atoms with Gasteiger partial charge in [-0.25, -0.2) is 0 Å². The number of carbonyl (C=O) groups excluding carboxylic acids is 1. The fourth-order valence-corrected chi connectivity index (χ4v) is 2.32. The Bertz CT molecular complexity index is 569. The van der Waals surface area contributed by atoms with Crippen molar-refractivity contribution in [3.8, 4) is 0 Å². The summed E-state index contributed by atoms with van der Waals surface area (Å²) in [6.45, 7) is 4.73.